The van der Waals surface area contributed by atoms with E-state index < -0.39 is 16.7 Å². The Morgan fingerprint density at radius 2 is 2.21 bits per heavy atom. The van der Waals surface area contributed by atoms with Crippen LogP contribution in [0.25, 0.3) is 10.2 Å². The Morgan fingerprint density at radius 1 is 1.42 bits per heavy atom. The SMILES string of the molecule is CS(=O)c1nc2ccc(OCc3ccnc(C(N)=O)c3)c(Cl)c2s1. The molecule has 3 rings (SSSR count). The van der Waals surface area contributed by atoms with Gasteiger partial charge in [0.15, 0.2) is 4.34 Å². The second kappa shape index (κ2) is 6.84. The number of primary amides is 1. The highest BCUT2D eigenvalue weighted by molar-refractivity contribution is 7.86. The second-order valence-corrected chi connectivity index (χ2v) is 7.79. The fourth-order valence-corrected chi connectivity index (χ4v) is 4.02. The number of carbonyl (C=O) groups excluding carboxylic acids is 1. The molecule has 0 aliphatic rings. The molecule has 1 unspecified atom stereocenters. The van der Waals surface area contributed by atoms with Crippen LogP contribution in [0.4, 0.5) is 0 Å². The minimum atomic E-state index is -1.16. The van der Waals surface area contributed by atoms with Crippen molar-refractivity contribution < 1.29 is 13.7 Å². The van der Waals surface area contributed by atoms with Gasteiger partial charge in [0.2, 0.25) is 0 Å². The molecular formula is C15H12ClN3O3S2. The van der Waals surface area contributed by atoms with Crippen LogP contribution in [0.15, 0.2) is 34.8 Å². The van der Waals surface area contributed by atoms with Crippen LogP contribution < -0.4 is 10.5 Å². The van der Waals surface area contributed by atoms with Crippen molar-refractivity contribution >= 4 is 49.9 Å². The maximum atomic E-state index is 11.5. The van der Waals surface area contributed by atoms with Gasteiger partial charge in [0.25, 0.3) is 5.91 Å². The number of hydrogen-bond donors (Lipinski definition) is 1. The number of nitrogens with zero attached hydrogens (tertiary/aromatic N) is 2. The first-order chi connectivity index (χ1) is 11.5. The number of benzene rings is 1. The largest absolute Gasteiger partial charge is 0.487 e. The molecule has 6 nitrogen and oxygen atoms in total. The number of amides is 1. The van der Waals surface area contributed by atoms with Crippen molar-refractivity contribution in [3.8, 4) is 5.75 Å². The number of rotatable bonds is 5. The van der Waals surface area contributed by atoms with Gasteiger partial charge in [-0.3, -0.25) is 14.0 Å². The molecule has 1 amide bonds. The molecule has 2 heterocycles. The molecule has 0 saturated carbocycles. The average molecular weight is 382 g/mol. The molecule has 0 fully saturated rings. The van der Waals surface area contributed by atoms with E-state index in [1.165, 1.54) is 17.5 Å². The van der Waals surface area contributed by atoms with E-state index in [4.69, 9.17) is 22.1 Å². The third-order valence-electron chi connectivity index (χ3n) is 3.16. The lowest BCUT2D eigenvalue weighted by molar-refractivity contribution is 0.0995. The molecule has 24 heavy (non-hydrogen) atoms. The summed E-state index contributed by atoms with van der Waals surface area (Å²) in [5, 5.41) is 0.422. The zero-order valence-electron chi connectivity index (χ0n) is 12.5. The molecule has 9 heteroatoms. The lowest BCUT2D eigenvalue weighted by Crippen LogP contribution is -2.13. The van der Waals surface area contributed by atoms with E-state index >= 15 is 0 Å². The minimum Gasteiger partial charge on any atom is -0.487 e. The first-order valence-corrected chi connectivity index (χ1v) is 9.51. The number of halogens is 1. The molecule has 3 aromatic rings. The molecule has 2 aromatic heterocycles. The number of aromatic nitrogens is 2. The van der Waals surface area contributed by atoms with Gasteiger partial charge in [-0.2, -0.15) is 0 Å². The van der Waals surface area contributed by atoms with E-state index in [0.717, 1.165) is 10.3 Å². The quantitative estimate of drug-likeness (QED) is 0.733. The molecule has 0 bridgehead atoms. The number of pyridine rings is 1. The van der Waals surface area contributed by atoms with Crippen LogP contribution in [0, 0.1) is 0 Å². The standard InChI is InChI=1S/C15H12ClN3O3S2/c1-24(21)15-19-9-2-3-11(12(16)13(9)23-15)22-7-8-4-5-18-10(6-8)14(17)20/h2-6H,7H2,1H3,(H2,17,20). The summed E-state index contributed by atoms with van der Waals surface area (Å²) >= 11 is 7.65. The van der Waals surface area contributed by atoms with Crippen molar-refractivity contribution in [2.24, 2.45) is 5.73 Å². The number of thiazole rings is 1. The highest BCUT2D eigenvalue weighted by Crippen LogP contribution is 2.37. The molecule has 0 aliphatic heterocycles. The number of nitrogens with two attached hydrogens (primary N) is 1. The Morgan fingerprint density at radius 3 is 2.92 bits per heavy atom. The topological polar surface area (TPSA) is 95.2 Å². The Kier molecular flexibility index (Phi) is 4.79. The molecule has 124 valence electrons. The van der Waals surface area contributed by atoms with Gasteiger partial charge in [0.05, 0.1) is 21.0 Å². The summed E-state index contributed by atoms with van der Waals surface area (Å²) in [5.74, 6) is -0.111. The number of fused-ring (bicyclic) bond motifs is 1. The van der Waals surface area contributed by atoms with E-state index in [1.807, 2.05) is 0 Å². The van der Waals surface area contributed by atoms with Crippen LogP contribution in [0.3, 0.4) is 0 Å². The van der Waals surface area contributed by atoms with Crippen molar-refractivity contribution in [3.05, 3.63) is 46.7 Å². The summed E-state index contributed by atoms with van der Waals surface area (Å²) < 4.78 is 18.5. The van der Waals surface area contributed by atoms with E-state index in [-0.39, 0.29) is 12.3 Å². The fraction of sp³-hybridized carbons (Fsp3) is 0.133. The number of hydrogen-bond acceptors (Lipinski definition) is 6. The van der Waals surface area contributed by atoms with Crippen molar-refractivity contribution in [1.29, 1.82) is 0 Å². The molecule has 0 aliphatic carbocycles. The molecule has 0 spiro atoms. The van der Waals surface area contributed by atoms with E-state index in [0.29, 0.717) is 20.6 Å². The van der Waals surface area contributed by atoms with Gasteiger partial charge in [-0.05, 0) is 29.8 Å². The first kappa shape index (κ1) is 16.8. The lowest BCUT2D eigenvalue weighted by atomic mass is 10.2. The van der Waals surface area contributed by atoms with Gasteiger partial charge in [-0.25, -0.2) is 4.98 Å². The lowest BCUT2D eigenvalue weighted by Gasteiger charge is -2.08. The highest BCUT2D eigenvalue weighted by Gasteiger charge is 2.14. The summed E-state index contributed by atoms with van der Waals surface area (Å²) in [6.45, 7) is 0.208. The summed E-state index contributed by atoms with van der Waals surface area (Å²) in [7, 11) is -1.16. The van der Waals surface area contributed by atoms with Gasteiger partial charge >= 0.3 is 0 Å². The smallest absolute Gasteiger partial charge is 0.267 e. The third kappa shape index (κ3) is 3.40. The Labute approximate surface area is 149 Å². The zero-order valence-corrected chi connectivity index (χ0v) is 14.9. The van der Waals surface area contributed by atoms with E-state index in [9.17, 15) is 9.00 Å². The molecule has 0 radical (unpaired) electrons. The van der Waals surface area contributed by atoms with Crippen molar-refractivity contribution in [1.82, 2.24) is 9.97 Å². The Hall–Kier alpha value is -2.03. The Bertz CT molecular complexity index is 958. The van der Waals surface area contributed by atoms with Crippen molar-refractivity contribution in [2.45, 2.75) is 10.9 Å². The third-order valence-corrected chi connectivity index (χ3v) is 6.07. The normalized spacial score (nSPS) is 12.2. The monoisotopic (exact) mass is 381 g/mol. The van der Waals surface area contributed by atoms with Crippen molar-refractivity contribution in [2.75, 3.05) is 6.26 Å². The summed E-state index contributed by atoms with van der Waals surface area (Å²) in [5.41, 5.74) is 6.81. The summed E-state index contributed by atoms with van der Waals surface area (Å²) in [6, 6.07) is 6.78. The number of carbonyl (C=O) groups is 1. The van der Waals surface area contributed by atoms with E-state index in [2.05, 4.69) is 9.97 Å². The predicted molar refractivity (Wildman–Crippen MR) is 94.0 cm³/mol. The second-order valence-electron chi connectivity index (χ2n) is 4.86. The average Bonchev–Trinajstić information content (AvgIpc) is 3.00. The van der Waals surface area contributed by atoms with Crippen molar-refractivity contribution in [3.63, 3.8) is 0 Å². The maximum absolute atomic E-state index is 11.5. The van der Waals surface area contributed by atoms with Crippen LogP contribution in [-0.2, 0) is 17.4 Å². The molecule has 1 atom stereocenters. The molecule has 0 saturated heterocycles. The van der Waals surface area contributed by atoms with E-state index in [1.54, 1.807) is 30.5 Å². The van der Waals surface area contributed by atoms with Crippen LogP contribution >= 0.6 is 22.9 Å². The summed E-state index contributed by atoms with van der Waals surface area (Å²) in [4.78, 5) is 19.3. The van der Waals surface area contributed by atoms with Crippen LogP contribution in [0.5, 0.6) is 5.75 Å². The van der Waals surface area contributed by atoms with Gasteiger partial charge in [0, 0.05) is 12.5 Å². The van der Waals surface area contributed by atoms with Crippen LogP contribution in [0.2, 0.25) is 5.02 Å². The first-order valence-electron chi connectivity index (χ1n) is 6.75. The minimum absolute atomic E-state index is 0.176. The van der Waals surface area contributed by atoms with Gasteiger partial charge < -0.3 is 10.5 Å². The molecular weight excluding hydrogens is 370 g/mol. The number of ether oxygens (including phenoxy) is 1. The summed E-state index contributed by atoms with van der Waals surface area (Å²) in [6.07, 6.45) is 3.07. The predicted octanol–water partition coefficient (Wildman–Crippen LogP) is 2.76. The highest BCUT2D eigenvalue weighted by atomic mass is 35.5. The van der Waals surface area contributed by atoms with Gasteiger partial charge in [0.1, 0.15) is 23.1 Å². The van der Waals surface area contributed by atoms with Gasteiger partial charge in [-0.15, -0.1) is 11.3 Å². The Balaban J connectivity index is 1.85. The van der Waals surface area contributed by atoms with Crippen LogP contribution in [0.1, 0.15) is 16.1 Å². The van der Waals surface area contributed by atoms with Crippen LogP contribution in [-0.4, -0.2) is 26.3 Å². The molecule has 1 aromatic carbocycles. The zero-order chi connectivity index (χ0) is 17.3. The molecule has 2 N–H and O–H groups in total. The fourth-order valence-electron chi connectivity index (χ4n) is 2.02. The van der Waals surface area contributed by atoms with Gasteiger partial charge in [-0.1, -0.05) is 11.6 Å². The maximum Gasteiger partial charge on any atom is 0.267 e.